The van der Waals surface area contributed by atoms with Gasteiger partial charge in [-0.3, -0.25) is 37.8 Å². The van der Waals surface area contributed by atoms with Crippen molar-refractivity contribution in [2.75, 3.05) is 73.9 Å². The number of phosphoric acid groups is 1. The van der Waals surface area contributed by atoms with Gasteiger partial charge in [-0.05, 0) is 51.4 Å². The van der Waals surface area contributed by atoms with Crippen LogP contribution in [0, 0.1) is 0 Å². The molecule has 0 heterocycles. The topological polar surface area (TPSA) is 214 Å². The summed E-state index contributed by atoms with van der Waals surface area (Å²) in [7, 11) is 1.09. The van der Waals surface area contributed by atoms with Crippen molar-refractivity contribution in [1.29, 1.82) is 0 Å². The van der Waals surface area contributed by atoms with Crippen molar-refractivity contribution in [1.82, 2.24) is 0 Å². The molecule has 0 aliphatic carbocycles. The first-order valence-electron chi connectivity index (χ1n) is 24.0. The molecule has 1 unspecified atom stereocenters. The minimum atomic E-state index is -4.54. The molecule has 0 aliphatic rings. The first-order chi connectivity index (χ1) is 30.6. The average Bonchev–Trinajstić information content (AvgIpc) is 3.23. The van der Waals surface area contributed by atoms with Gasteiger partial charge in [0.2, 0.25) is 0 Å². The van der Waals surface area contributed by atoms with Crippen molar-refractivity contribution < 1.29 is 80.2 Å². The predicted molar refractivity (Wildman–Crippen MR) is 241 cm³/mol. The predicted octanol–water partition coefficient (Wildman–Crippen LogP) is 8.64. The second-order valence-corrected chi connectivity index (χ2v) is 18.6. The van der Waals surface area contributed by atoms with E-state index in [1.165, 1.54) is 51.4 Å². The van der Waals surface area contributed by atoms with E-state index in [4.69, 9.17) is 37.5 Å². The van der Waals surface area contributed by atoms with E-state index >= 15 is 0 Å². The molecule has 0 saturated carbocycles. The Labute approximate surface area is 383 Å². The van der Waals surface area contributed by atoms with E-state index in [-0.39, 0.29) is 83.1 Å². The molecule has 0 bridgehead atoms. The van der Waals surface area contributed by atoms with Crippen molar-refractivity contribution in [3.05, 3.63) is 0 Å². The van der Waals surface area contributed by atoms with E-state index in [0.29, 0.717) is 49.9 Å². The van der Waals surface area contributed by atoms with Gasteiger partial charge in [-0.25, -0.2) is 4.57 Å². The van der Waals surface area contributed by atoms with Gasteiger partial charge in [0, 0.05) is 38.5 Å². The minimum Gasteiger partial charge on any atom is -0.466 e. The standard InChI is InChI=1S/C46H84NO16P/c1-6-8-10-12-14-16-22-33-56-41(48)26-18-20-28-43(50)58-35-24-30-45(52)60-38-40(39-62-64(54,55)61-37-32-47(3,4)5)63-46(53)31-25-36-59-44(51)29-21-19-27-42(49)57-34-23-17-15-13-11-9-7-2/h40H,6-39H2,1-5H3/p+1/t40-/m1/s1. The molecule has 0 saturated heterocycles. The Hall–Kier alpha value is -3.11. The molecule has 17 nitrogen and oxygen atoms in total. The lowest BCUT2D eigenvalue weighted by Crippen LogP contribution is -2.37. The lowest BCUT2D eigenvalue weighted by molar-refractivity contribution is -0.870. The third-order valence-corrected chi connectivity index (χ3v) is 10.8. The third kappa shape index (κ3) is 42.8. The smallest absolute Gasteiger partial charge is 0.466 e. The molecule has 64 heavy (non-hydrogen) atoms. The highest BCUT2D eigenvalue weighted by Crippen LogP contribution is 2.43. The lowest BCUT2D eigenvalue weighted by atomic mass is 10.1. The van der Waals surface area contributed by atoms with Gasteiger partial charge >= 0.3 is 43.6 Å². The number of likely N-dealkylation sites (N-methyl/N-ethyl adjacent to an activating group) is 1. The maximum Gasteiger partial charge on any atom is 0.472 e. The van der Waals surface area contributed by atoms with Crippen LogP contribution in [0.3, 0.4) is 0 Å². The van der Waals surface area contributed by atoms with Gasteiger partial charge in [0.05, 0.1) is 54.2 Å². The summed E-state index contributed by atoms with van der Waals surface area (Å²) in [5.41, 5.74) is 0. The highest BCUT2D eigenvalue weighted by molar-refractivity contribution is 7.47. The van der Waals surface area contributed by atoms with E-state index in [1.807, 2.05) is 21.1 Å². The second-order valence-electron chi connectivity index (χ2n) is 17.2. The summed E-state index contributed by atoms with van der Waals surface area (Å²) in [4.78, 5) is 83.4. The van der Waals surface area contributed by atoms with Gasteiger partial charge in [0.1, 0.15) is 19.8 Å². The van der Waals surface area contributed by atoms with Gasteiger partial charge in [0.15, 0.2) is 6.10 Å². The van der Waals surface area contributed by atoms with Crippen LogP contribution in [0.1, 0.15) is 181 Å². The van der Waals surface area contributed by atoms with Crippen LogP contribution in [0.5, 0.6) is 0 Å². The van der Waals surface area contributed by atoms with Crippen molar-refractivity contribution in [3.63, 3.8) is 0 Å². The minimum absolute atomic E-state index is 0.0349. The van der Waals surface area contributed by atoms with E-state index in [2.05, 4.69) is 13.8 Å². The number of phosphoric ester groups is 1. The second kappa shape index (κ2) is 40.2. The maximum absolute atomic E-state index is 12.7. The fourth-order valence-electron chi connectivity index (χ4n) is 5.93. The summed E-state index contributed by atoms with van der Waals surface area (Å²) >= 11 is 0. The van der Waals surface area contributed by atoms with Gasteiger partial charge in [-0.1, -0.05) is 90.9 Å². The van der Waals surface area contributed by atoms with Crippen molar-refractivity contribution in [3.8, 4) is 0 Å². The molecule has 374 valence electrons. The van der Waals surface area contributed by atoms with Gasteiger partial charge < -0.3 is 37.8 Å². The molecule has 18 heteroatoms. The van der Waals surface area contributed by atoms with Crippen LogP contribution < -0.4 is 0 Å². The Balaban J connectivity index is 4.50. The van der Waals surface area contributed by atoms with Crippen LogP contribution in [0.2, 0.25) is 0 Å². The molecule has 0 aliphatic heterocycles. The van der Waals surface area contributed by atoms with Gasteiger partial charge in [0.25, 0.3) is 0 Å². The maximum atomic E-state index is 12.7. The Kier molecular flexibility index (Phi) is 38.2. The number of esters is 6. The van der Waals surface area contributed by atoms with Crippen LogP contribution in [0.15, 0.2) is 0 Å². The summed E-state index contributed by atoms with van der Waals surface area (Å²) in [5.74, 6) is -2.92. The molecule has 0 amide bonds. The van der Waals surface area contributed by atoms with Crippen LogP contribution in [-0.2, 0) is 70.8 Å². The summed E-state index contributed by atoms with van der Waals surface area (Å²) in [6, 6.07) is 0. The Bertz CT molecular complexity index is 1310. The van der Waals surface area contributed by atoms with Crippen molar-refractivity contribution >= 4 is 43.6 Å². The van der Waals surface area contributed by atoms with E-state index < -0.39 is 51.0 Å². The number of hydrogen-bond acceptors (Lipinski definition) is 15. The zero-order chi connectivity index (χ0) is 47.7. The third-order valence-electron chi connectivity index (χ3n) is 9.79. The average molecular weight is 939 g/mol. The molecule has 0 radical (unpaired) electrons. The Morgan fingerprint density at radius 1 is 0.422 bits per heavy atom. The molecule has 0 spiro atoms. The fraction of sp³-hybridized carbons (Fsp3) is 0.870. The quantitative estimate of drug-likeness (QED) is 0.0199. The van der Waals surface area contributed by atoms with Crippen LogP contribution in [0.25, 0.3) is 0 Å². The van der Waals surface area contributed by atoms with Crippen LogP contribution in [-0.4, -0.2) is 125 Å². The monoisotopic (exact) mass is 939 g/mol. The molecule has 2 atom stereocenters. The summed E-state index contributed by atoms with van der Waals surface area (Å²) in [5, 5.41) is 0. The first-order valence-corrected chi connectivity index (χ1v) is 25.5. The SMILES string of the molecule is CCCCCCCCCOC(=O)CCCCC(=O)OCCCC(=O)OC[C@H](COP(=O)(O)OCC[N+](C)(C)C)OC(=O)CCCOC(=O)CCCCC(=O)OCCCCCCCCC. The summed E-state index contributed by atoms with van der Waals surface area (Å²) < 4.78 is 54.5. The Morgan fingerprint density at radius 2 is 0.766 bits per heavy atom. The number of ether oxygens (including phenoxy) is 6. The number of carbonyl (C=O) groups excluding carboxylic acids is 6. The fourth-order valence-corrected chi connectivity index (χ4v) is 6.67. The number of unbranched alkanes of at least 4 members (excludes halogenated alkanes) is 14. The van der Waals surface area contributed by atoms with E-state index in [9.17, 15) is 38.2 Å². The molecule has 1 N–H and O–H groups in total. The number of quaternary nitrogens is 1. The zero-order valence-electron chi connectivity index (χ0n) is 40.1. The zero-order valence-corrected chi connectivity index (χ0v) is 41.0. The highest BCUT2D eigenvalue weighted by Gasteiger charge is 2.27. The summed E-state index contributed by atoms with van der Waals surface area (Å²) in [6.45, 7) is 4.31. The lowest BCUT2D eigenvalue weighted by Gasteiger charge is -2.24. The highest BCUT2D eigenvalue weighted by atomic mass is 31.2. The van der Waals surface area contributed by atoms with Crippen molar-refractivity contribution in [2.45, 2.75) is 187 Å². The number of rotatable bonds is 44. The summed E-state index contributed by atoms with van der Waals surface area (Å²) in [6.07, 6.45) is 17.2. The molecule has 0 fully saturated rings. The van der Waals surface area contributed by atoms with Crippen LogP contribution >= 0.6 is 7.82 Å². The molecule has 0 aromatic carbocycles. The first kappa shape index (κ1) is 60.9. The molecular weight excluding hydrogens is 853 g/mol. The van der Waals surface area contributed by atoms with Crippen molar-refractivity contribution in [2.24, 2.45) is 0 Å². The normalized spacial score (nSPS) is 12.8. The number of carbonyl (C=O) groups is 6. The van der Waals surface area contributed by atoms with Crippen LogP contribution in [0.4, 0.5) is 0 Å². The molecular formula is C46H85NO16P+. The number of nitrogens with zero attached hydrogens (tertiary/aromatic N) is 1. The molecule has 0 aromatic heterocycles. The molecule has 0 aromatic rings. The largest absolute Gasteiger partial charge is 0.472 e. The van der Waals surface area contributed by atoms with Gasteiger partial charge in [-0.15, -0.1) is 0 Å². The number of hydrogen-bond donors (Lipinski definition) is 1. The van der Waals surface area contributed by atoms with Gasteiger partial charge in [-0.2, -0.15) is 0 Å². The molecule has 0 rings (SSSR count). The Morgan fingerprint density at radius 3 is 1.17 bits per heavy atom. The van der Waals surface area contributed by atoms with E-state index in [1.54, 1.807) is 0 Å². The van der Waals surface area contributed by atoms with E-state index in [0.717, 1.165) is 38.5 Å².